The zero-order valence-corrected chi connectivity index (χ0v) is 14.0. The molecule has 0 saturated carbocycles. The summed E-state index contributed by atoms with van der Waals surface area (Å²) in [6, 6.07) is 19.0. The van der Waals surface area contributed by atoms with Crippen molar-refractivity contribution in [1.29, 1.82) is 5.26 Å². The molecule has 0 radical (unpaired) electrons. The van der Waals surface area contributed by atoms with E-state index in [1.54, 1.807) is 13.2 Å². The van der Waals surface area contributed by atoms with Crippen LogP contribution in [0, 0.1) is 11.3 Å². The van der Waals surface area contributed by atoms with Gasteiger partial charge in [-0.3, -0.25) is 5.10 Å². The Kier molecular flexibility index (Phi) is 3.75. The van der Waals surface area contributed by atoms with Crippen molar-refractivity contribution in [2.45, 2.75) is 0 Å². The van der Waals surface area contributed by atoms with Crippen LogP contribution in [-0.4, -0.2) is 22.3 Å². The summed E-state index contributed by atoms with van der Waals surface area (Å²) in [5.41, 5.74) is 10.4. The van der Waals surface area contributed by atoms with E-state index in [0.29, 0.717) is 22.8 Å². The Morgan fingerprint density at radius 2 is 1.88 bits per heavy atom. The average Bonchev–Trinajstić information content (AvgIpc) is 3.08. The van der Waals surface area contributed by atoms with E-state index in [4.69, 9.17) is 15.5 Å². The van der Waals surface area contributed by atoms with Crippen molar-refractivity contribution in [3.8, 4) is 34.3 Å². The number of aromatic amines is 1. The minimum Gasteiger partial charge on any atom is -0.497 e. The van der Waals surface area contributed by atoms with Gasteiger partial charge >= 0.3 is 0 Å². The molecule has 0 atom stereocenters. The minimum absolute atomic E-state index is 0.387. The van der Waals surface area contributed by atoms with Gasteiger partial charge in [-0.05, 0) is 36.4 Å². The van der Waals surface area contributed by atoms with Crippen molar-refractivity contribution in [3.05, 3.63) is 60.2 Å². The number of aromatic nitrogens is 3. The molecule has 126 valence electrons. The number of rotatable bonds is 3. The molecule has 0 unspecified atom stereocenters. The van der Waals surface area contributed by atoms with Crippen molar-refractivity contribution >= 4 is 16.7 Å². The van der Waals surface area contributed by atoms with Crippen molar-refractivity contribution in [1.82, 2.24) is 15.2 Å². The summed E-state index contributed by atoms with van der Waals surface area (Å²) in [5, 5.41) is 17.2. The van der Waals surface area contributed by atoms with Crippen LogP contribution < -0.4 is 10.5 Å². The zero-order valence-electron chi connectivity index (χ0n) is 14.0. The molecule has 0 aliphatic carbocycles. The number of pyridine rings is 1. The molecule has 0 aliphatic rings. The highest BCUT2D eigenvalue weighted by molar-refractivity contribution is 6.01. The second-order valence-electron chi connectivity index (χ2n) is 5.77. The number of ether oxygens (including phenoxy) is 1. The Labute approximate surface area is 149 Å². The van der Waals surface area contributed by atoms with Gasteiger partial charge in [0.15, 0.2) is 5.82 Å². The molecular weight excluding hydrogens is 326 g/mol. The maximum atomic E-state index is 9.41. The second kappa shape index (κ2) is 6.22. The Bertz CT molecular complexity index is 1140. The van der Waals surface area contributed by atoms with E-state index in [-0.39, 0.29) is 0 Å². The summed E-state index contributed by atoms with van der Waals surface area (Å²) in [7, 11) is 1.62. The molecule has 26 heavy (non-hydrogen) atoms. The molecule has 0 spiro atoms. The largest absolute Gasteiger partial charge is 0.497 e. The molecule has 0 bridgehead atoms. The quantitative estimate of drug-likeness (QED) is 0.591. The maximum absolute atomic E-state index is 9.41. The van der Waals surface area contributed by atoms with Crippen LogP contribution in [0.1, 0.15) is 5.56 Å². The number of nitriles is 1. The number of H-pyrrole nitrogens is 1. The van der Waals surface area contributed by atoms with Gasteiger partial charge in [0.1, 0.15) is 5.75 Å². The lowest BCUT2D eigenvalue weighted by atomic mass is 10.0. The van der Waals surface area contributed by atoms with Gasteiger partial charge in [-0.2, -0.15) is 10.4 Å². The number of anilines is 1. The first-order chi connectivity index (χ1) is 12.7. The van der Waals surface area contributed by atoms with E-state index in [0.717, 1.165) is 27.8 Å². The van der Waals surface area contributed by atoms with Crippen LogP contribution in [0.25, 0.3) is 33.4 Å². The van der Waals surface area contributed by atoms with Crippen LogP contribution in [0.15, 0.2) is 54.6 Å². The van der Waals surface area contributed by atoms with E-state index < -0.39 is 0 Å². The van der Waals surface area contributed by atoms with Gasteiger partial charge in [0, 0.05) is 11.1 Å². The lowest BCUT2D eigenvalue weighted by Gasteiger charge is -2.09. The monoisotopic (exact) mass is 341 g/mol. The third kappa shape index (κ3) is 2.52. The predicted octanol–water partition coefficient (Wildman–Crippen LogP) is 3.75. The number of nitrogens with two attached hydrogens (primary N) is 1. The van der Waals surface area contributed by atoms with Crippen LogP contribution in [0.3, 0.4) is 0 Å². The normalized spacial score (nSPS) is 10.6. The first-order valence-corrected chi connectivity index (χ1v) is 8.00. The SMILES string of the molecule is COc1ccc(-c2nc(-c3ccccc3C#N)cc3[nH]nc(N)c23)cc1. The van der Waals surface area contributed by atoms with E-state index in [2.05, 4.69) is 16.3 Å². The Balaban J connectivity index is 1.99. The molecular formula is C20H15N5O. The molecule has 3 N–H and O–H groups in total. The number of methoxy groups -OCH3 is 1. The van der Waals surface area contributed by atoms with Crippen LogP contribution >= 0.6 is 0 Å². The van der Waals surface area contributed by atoms with Crippen LogP contribution in [0.2, 0.25) is 0 Å². The molecule has 6 heteroatoms. The van der Waals surface area contributed by atoms with E-state index in [1.165, 1.54) is 0 Å². The predicted molar refractivity (Wildman–Crippen MR) is 100 cm³/mol. The number of hydrogen-bond donors (Lipinski definition) is 2. The number of hydrogen-bond acceptors (Lipinski definition) is 5. The zero-order chi connectivity index (χ0) is 18.1. The third-order valence-corrected chi connectivity index (χ3v) is 4.26. The highest BCUT2D eigenvalue weighted by Gasteiger charge is 2.16. The fourth-order valence-corrected chi connectivity index (χ4v) is 2.97. The average molecular weight is 341 g/mol. The van der Waals surface area contributed by atoms with Crippen LogP contribution in [0.5, 0.6) is 5.75 Å². The van der Waals surface area contributed by atoms with Gasteiger partial charge in [0.2, 0.25) is 0 Å². The van der Waals surface area contributed by atoms with Gasteiger partial charge in [0.25, 0.3) is 0 Å². The minimum atomic E-state index is 0.387. The Morgan fingerprint density at radius 1 is 1.12 bits per heavy atom. The smallest absolute Gasteiger partial charge is 0.155 e. The molecule has 0 fully saturated rings. The fourth-order valence-electron chi connectivity index (χ4n) is 2.97. The van der Waals surface area contributed by atoms with Crippen molar-refractivity contribution < 1.29 is 4.74 Å². The maximum Gasteiger partial charge on any atom is 0.155 e. The molecule has 2 aromatic heterocycles. The number of nitrogen functional groups attached to an aromatic ring is 1. The lowest BCUT2D eigenvalue weighted by molar-refractivity contribution is 0.415. The molecule has 4 aromatic rings. The van der Waals surface area contributed by atoms with Gasteiger partial charge in [-0.1, -0.05) is 18.2 Å². The van der Waals surface area contributed by atoms with E-state index >= 15 is 0 Å². The van der Waals surface area contributed by atoms with Crippen molar-refractivity contribution in [3.63, 3.8) is 0 Å². The molecule has 2 aromatic carbocycles. The van der Waals surface area contributed by atoms with Gasteiger partial charge in [-0.15, -0.1) is 0 Å². The van der Waals surface area contributed by atoms with Gasteiger partial charge < -0.3 is 10.5 Å². The molecule has 6 nitrogen and oxygen atoms in total. The first-order valence-electron chi connectivity index (χ1n) is 8.00. The number of benzene rings is 2. The van der Waals surface area contributed by atoms with E-state index in [1.807, 2.05) is 48.5 Å². The summed E-state index contributed by atoms with van der Waals surface area (Å²) in [5.74, 6) is 1.15. The Hall–Kier alpha value is -3.85. The molecule has 0 amide bonds. The highest BCUT2D eigenvalue weighted by atomic mass is 16.5. The highest BCUT2D eigenvalue weighted by Crippen LogP contribution is 2.34. The second-order valence-corrected chi connectivity index (χ2v) is 5.77. The summed E-state index contributed by atoms with van der Waals surface area (Å²) in [6.45, 7) is 0. The topological polar surface area (TPSA) is 101 Å². The number of nitrogens with zero attached hydrogens (tertiary/aromatic N) is 3. The Morgan fingerprint density at radius 3 is 2.62 bits per heavy atom. The number of nitrogens with one attached hydrogen (secondary N) is 1. The van der Waals surface area contributed by atoms with Crippen LogP contribution in [-0.2, 0) is 0 Å². The molecule has 0 aliphatic heterocycles. The van der Waals surface area contributed by atoms with Gasteiger partial charge in [-0.25, -0.2) is 4.98 Å². The van der Waals surface area contributed by atoms with Crippen molar-refractivity contribution in [2.24, 2.45) is 0 Å². The summed E-state index contributed by atoms with van der Waals surface area (Å²) in [4.78, 5) is 4.81. The fraction of sp³-hybridized carbons (Fsp3) is 0.0500. The summed E-state index contributed by atoms with van der Waals surface area (Å²) < 4.78 is 5.22. The molecule has 2 heterocycles. The van der Waals surface area contributed by atoms with E-state index in [9.17, 15) is 5.26 Å². The third-order valence-electron chi connectivity index (χ3n) is 4.26. The first kappa shape index (κ1) is 15.7. The van der Waals surface area contributed by atoms with Crippen LogP contribution in [0.4, 0.5) is 5.82 Å². The van der Waals surface area contributed by atoms with Gasteiger partial charge in [0.05, 0.1) is 41.0 Å². The molecule has 0 saturated heterocycles. The molecule has 4 rings (SSSR count). The number of fused-ring (bicyclic) bond motifs is 1. The standard InChI is InChI=1S/C20H15N5O/c1-26-14-8-6-12(7-9-14)19-18-17(24-25-20(18)22)10-16(23-19)15-5-3-2-4-13(15)11-21/h2-10H,1H3,(H3,22,24,25). The summed E-state index contributed by atoms with van der Waals surface area (Å²) >= 11 is 0. The van der Waals surface area contributed by atoms with Crippen molar-refractivity contribution in [2.75, 3.05) is 12.8 Å². The lowest BCUT2D eigenvalue weighted by Crippen LogP contribution is -1.94. The summed E-state index contributed by atoms with van der Waals surface area (Å²) in [6.07, 6.45) is 0.